The fraction of sp³-hybridized carbons (Fsp3) is 0.333. The molecule has 1 saturated heterocycles. The number of aryl methyl sites for hydroxylation is 2. The van der Waals surface area contributed by atoms with Crippen LogP contribution < -0.4 is 10.2 Å². The number of amides is 2. The molecule has 2 amide bonds. The normalized spacial score (nSPS) is 17.0. The molecule has 0 aromatic heterocycles. The average Bonchev–Trinajstić information content (AvgIpc) is 3.00. The molecule has 4 nitrogen and oxygen atoms in total. The SMILES string of the molecule is Cc1ccc(N2C[C@@H](C(=O)NCCc3ccccc3)CC2=O)cc1C. The van der Waals surface area contributed by atoms with E-state index in [2.05, 4.69) is 5.32 Å². The minimum Gasteiger partial charge on any atom is -0.355 e. The number of nitrogens with zero attached hydrogens (tertiary/aromatic N) is 1. The maximum Gasteiger partial charge on any atom is 0.227 e. The molecule has 0 saturated carbocycles. The summed E-state index contributed by atoms with van der Waals surface area (Å²) < 4.78 is 0. The summed E-state index contributed by atoms with van der Waals surface area (Å²) in [4.78, 5) is 26.4. The van der Waals surface area contributed by atoms with Crippen LogP contribution in [-0.2, 0) is 16.0 Å². The lowest BCUT2D eigenvalue weighted by Crippen LogP contribution is -2.34. The zero-order chi connectivity index (χ0) is 17.8. The highest BCUT2D eigenvalue weighted by Gasteiger charge is 2.35. The maximum atomic E-state index is 12.4. The third-order valence-electron chi connectivity index (χ3n) is 4.85. The van der Waals surface area contributed by atoms with E-state index in [-0.39, 0.29) is 24.2 Å². The molecule has 1 aliphatic heterocycles. The van der Waals surface area contributed by atoms with E-state index in [1.54, 1.807) is 4.90 Å². The van der Waals surface area contributed by atoms with Crippen LogP contribution in [0.3, 0.4) is 0 Å². The Labute approximate surface area is 148 Å². The Bertz CT molecular complexity index is 771. The molecule has 0 aliphatic carbocycles. The molecular weight excluding hydrogens is 312 g/mol. The Morgan fingerprint density at radius 1 is 1.12 bits per heavy atom. The summed E-state index contributed by atoms with van der Waals surface area (Å²) >= 11 is 0. The number of hydrogen-bond donors (Lipinski definition) is 1. The first-order valence-corrected chi connectivity index (χ1v) is 8.74. The highest BCUT2D eigenvalue weighted by Crippen LogP contribution is 2.26. The lowest BCUT2D eigenvalue weighted by Gasteiger charge is -2.18. The molecule has 1 aliphatic rings. The lowest BCUT2D eigenvalue weighted by molar-refractivity contribution is -0.126. The van der Waals surface area contributed by atoms with Crippen LogP contribution >= 0.6 is 0 Å². The molecule has 4 heteroatoms. The molecule has 1 atom stereocenters. The van der Waals surface area contributed by atoms with Gasteiger partial charge in [-0.1, -0.05) is 36.4 Å². The Morgan fingerprint density at radius 3 is 2.60 bits per heavy atom. The predicted octanol–water partition coefficient (Wildman–Crippen LogP) is 3.02. The van der Waals surface area contributed by atoms with E-state index in [0.29, 0.717) is 13.1 Å². The second-order valence-corrected chi connectivity index (χ2v) is 6.70. The Morgan fingerprint density at radius 2 is 1.88 bits per heavy atom. The number of anilines is 1. The maximum absolute atomic E-state index is 12.4. The lowest BCUT2D eigenvalue weighted by atomic mass is 10.1. The van der Waals surface area contributed by atoms with Crippen molar-refractivity contribution >= 4 is 17.5 Å². The summed E-state index contributed by atoms with van der Waals surface area (Å²) in [5, 5.41) is 2.97. The molecule has 0 bridgehead atoms. The average molecular weight is 336 g/mol. The van der Waals surface area contributed by atoms with Gasteiger partial charge in [0.05, 0.1) is 5.92 Å². The highest BCUT2D eigenvalue weighted by molar-refractivity contribution is 6.00. The Hall–Kier alpha value is -2.62. The largest absolute Gasteiger partial charge is 0.355 e. The molecule has 3 rings (SSSR count). The second-order valence-electron chi connectivity index (χ2n) is 6.70. The van der Waals surface area contributed by atoms with E-state index < -0.39 is 0 Å². The van der Waals surface area contributed by atoms with Crippen molar-refractivity contribution in [1.82, 2.24) is 5.32 Å². The fourth-order valence-corrected chi connectivity index (χ4v) is 3.15. The van der Waals surface area contributed by atoms with Crippen molar-refractivity contribution in [2.45, 2.75) is 26.7 Å². The molecule has 25 heavy (non-hydrogen) atoms. The molecule has 0 unspecified atom stereocenters. The number of rotatable bonds is 5. The van der Waals surface area contributed by atoms with Crippen LogP contribution in [0.25, 0.3) is 0 Å². The zero-order valence-corrected chi connectivity index (χ0v) is 14.8. The fourth-order valence-electron chi connectivity index (χ4n) is 3.15. The van der Waals surface area contributed by atoms with Gasteiger partial charge in [-0.15, -0.1) is 0 Å². The predicted molar refractivity (Wildman–Crippen MR) is 99.5 cm³/mol. The molecule has 2 aromatic carbocycles. The smallest absolute Gasteiger partial charge is 0.227 e. The summed E-state index contributed by atoms with van der Waals surface area (Å²) in [6.07, 6.45) is 1.08. The molecule has 0 radical (unpaired) electrons. The molecule has 1 N–H and O–H groups in total. The standard InChI is InChI=1S/C21H24N2O2/c1-15-8-9-19(12-16(15)2)23-14-18(13-20(23)24)21(25)22-11-10-17-6-4-3-5-7-17/h3-9,12,18H,10-11,13-14H2,1-2H3,(H,22,25)/t18-/m0/s1. The molecule has 2 aromatic rings. The molecule has 1 fully saturated rings. The molecule has 1 heterocycles. The molecular formula is C21H24N2O2. The van der Waals surface area contributed by atoms with E-state index in [9.17, 15) is 9.59 Å². The van der Waals surface area contributed by atoms with Crippen molar-refractivity contribution in [3.05, 3.63) is 65.2 Å². The van der Waals surface area contributed by atoms with Crippen molar-refractivity contribution in [3.8, 4) is 0 Å². The van der Waals surface area contributed by atoms with Gasteiger partial charge in [-0.3, -0.25) is 9.59 Å². The van der Waals surface area contributed by atoms with Gasteiger partial charge in [-0.2, -0.15) is 0 Å². The zero-order valence-electron chi connectivity index (χ0n) is 14.8. The van der Waals surface area contributed by atoms with Gasteiger partial charge in [0.1, 0.15) is 0 Å². The monoisotopic (exact) mass is 336 g/mol. The summed E-state index contributed by atoms with van der Waals surface area (Å²) in [6, 6.07) is 16.1. The topological polar surface area (TPSA) is 49.4 Å². The second kappa shape index (κ2) is 7.51. The first kappa shape index (κ1) is 17.2. The van der Waals surface area contributed by atoms with Crippen LogP contribution in [0.1, 0.15) is 23.1 Å². The van der Waals surface area contributed by atoms with Crippen LogP contribution in [0.15, 0.2) is 48.5 Å². The first-order chi connectivity index (χ1) is 12.0. The van der Waals surface area contributed by atoms with Crippen LogP contribution in [0.5, 0.6) is 0 Å². The quantitative estimate of drug-likeness (QED) is 0.912. The van der Waals surface area contributed by atoms with Gasteiger partial charge in [-0.05, 0) is 49.1 Å². The van der Waals surface area contributed by atoms with Gasteiger partial charge < -0.3 is 10.2 Å². The third kappa shape index (κ3) is 4.08. The number of benzene rings is 2. The summed E-state index contributed by atoms with van der Waals surface area (Å²) in [5.41, 5.74) is 4.43. The number of carbonyl (C=O) groups excluding carboxylic acids is 2. The van der Waals surface area contributed by atoms with Gasteiger partial charge in [0.15, 0.2) is 0 Å². The van der Waals surface area contributed by atoms with E-state index >= 15 is 0 Å². The van der Waals surface area contributed by atoms with Crippen LogP contribution in [0.2, 0.25) is 0 Å². The Kier molecular flexibility index (Phi) is 5.17. The molecule has 0 spiro atoms. The minimum absolute atomic E-state index is 0.0199. The minimum atomic E-state index is -0.273. The number of nitrogens with one attached hydrogen (secondary N) is 1. The van der Waals surface area contributed by atoms with Gasteiger partial charge in [-0.25, -0.2) is 0 Å². The van der Waals surface area contributed by atoms with Crippen molar-refractivity contribution in [2.75, 3.05) is 18.0 Å². The number of hydrogen-bond acceptors (Lipinski definition) is 2. The van der Waals surface area contributed by atoms with Gasteiger partial charge in [0.2, 0.25) is 11.8 Å². The summed E-state index contributed by atoms with van der Waals surface area (Å²) in [5.74, 6) is -0.285. The molecule has 130 valence electrons. The highest BCUT2D eigenvalue weighted by atomic mass is 16.2. The Balaban J connectivity index is 1.56. The van der Waals surface area contributed by atoms with E-state index in [0.717, 1.165) is 17.7 Å². The van der Waals surface area contributed by atoms with Crippen molar-refractivity contribution < 1.29 is 9.59 Å². The van der Waals surface area contributed by atoms with E-state index in [1.807, 2.05) is 62.4 Å². The third-order valence-corrected chi connectivity index (χ3v) is 4.85. The van der Waals surface area contributed by atoms with E-state index in [4.69, 9.17) is 0 Å². The van der Waals surface area contributed by atoms with Gasteiger partial charge in [0, 0.05) is 25.2 Å². The summed E-state index contributed by atoms with van der Waals surface area (Å²) in [7, 11) is 0. The van der Waals surface area contributed by atoms with Crippen molar-refractivity contribution in [1.29, 1.82) is 0 Å². The summed E-state index contributed by atoms with van der Waals surface area (Å²) in [6.45, 7) is 5.14. The van der Waals surface area contributed by atoms with Gasteiger partial charge in [0.25, 0.3) is 0 Å². The number of carbonyl (C=O) groups is 2. The van der Waals surface area contributed by atoms with Crippen molar-refractivity contribution in [2.24, 2.45) is 5.92 Å². The van der Waals surface area contributed by atoms with Crippen LogP contribution in [-0.4, -0.2) is 24.9 Å². The van der Waals surface area contributed by atoms with Crippen LogP contribution in [0, 0.1) is 19.8 Å². The first-order valence-electron chi connectivity index (χ1n) is 8.74. The van der Waals surface area contributed by atoms with E-state index in [1.165, 1.54) is 11.1 Å². The van der Waals surface area contributed by atoms with Crippen molar-refractivity contribution in [3.63, 3.8) is 0 Å². The van der Waals surface area contributed by atoms with Gasteiger partial charge >= 0.3 is 0 Å². The van der Waals surface area contributed by atoms with Crippen LogP contribution in [0.4, 0.5) is 5.69 Å².